The number of nitrogens with one attached hydrogen (secondary N) is 1. The number of carboxylic acids is 1. The van der Waals surface area contributed by atoms with Gasteiger partial charge >= 0.3 is 11.9 Å². The molecule has 0 spiro atoms. The van der Waals surface area contributed by atoms with Crippen molar-refractivity contribution < 1.29 is 19.4 Å². The van der Waals surface area contributed by atoms with E-state index in [4.69, 9.17) is 5.11 Å². The van der Waals surface area contributed by atoms with Gasteiger partial charge in [0.15, 0.2) is 5.69 Å². The summed E-state index contributed by atoms with van der Waals surface area (Å²) >= 11 is 0. The summed E-state index contributed by atoms with van der Waals surface area (Å²) in [6.07, 6.45) is 1.63. The van der Waals surface area contributed by atoms with E-state index in [1.54, 1.807) is 0 Å². The lowest BCUT2D eigenvalue weighted by Crippen LogP contribution is -2.31. The highest BCUT2D eigenvalue weighted by Crippen LogP contribution is 2.12. The van der Waals surface area contributed by atoms with Crippen LogP contribution in [0.1, 0.15) is 30.8 Å². The maximum absolute atomic E-state index is 11.3. The summed E-state index contributed by atoms with van der Waals surface area (Å²) in [5.41, 5.74) is 0.0775. The second-order valence-corrected chi connectivity index (χ2v) is 4.44. The fourth-order valence-corrected chi connectivity index (χ4v) is 1.52. The number of nitrogens with zero attached hydrogens (tertiary/aromatic N) is 2. The molecule has 0 aliphatic carbocycles. The van der Waals surface area contributed by atoms with Gasteiger partial charge in [0.25, 0.3) is 0 Å². The van der Waals surface area contributed by atoms with E-state index in [1.807, 2.05) is 13.8 Å². The summed E-state index contributed by atoms with van der Waals surface area (Å²) in [6, 6.07) is 0.600. The number of hydrogen-bond acceptors (Lipinski definition) is 6. The van der Waals surface area contributed by atoms with Crippen LogP contribution in [0.25, 0.3) is 0 Å². The number of ether oxygens (including phenoxy) is 1. The summed E-state index contributed by atoms with van der Waals surface area (Å²) in [6.45, 7) is 3.86. The van der Waals surface area contributed by atoms with Gasteiger partial charge in [-0.3, -0.25) is 0 Å². The number of methoxy groups -OCH3 is 1. The molecule has 0 aromatic carbocycles. The molecule has 1 heterocycles. The van der Waals surface area contributed by atoms with E-state index in [2.05, 4.69) is 20.0 Å². The molecular formula is C12H17N3O4. The third-order valence-electron chi connectivity index (χ3n) is 2.39. The number of carbonyl (C=O) groups excluding carboxylic acids is 1. The van der Waals surface area contributed by atoms with Crippen LogP contribution in [0, 0.1) is 5.92 Å². The van der Waals surface area contributed by atoms with Crippen molar-refractivity contribution in [1.82, 2.24) is 9.97 Å². The number of anilines is 1. The zero-order valence-electron chi connectivity index (χ0n) is 11.1. The molecule has 0 aliphatic heterocycles. The lowest BCUT2D eigenvalue weighted by molar-refractivity contribution is -0.138. The van der Waals surface area contributed by atoms with Gasteiger partial charge < -0.3 is 15.2 Å². The molecule has 0 aliphatic rings. The first-order valence-electron chi connectivity index (χ1n) is 5.83. The second-order valence-electron chi connectivity index (χ2n) is 4.44. The predicted molar refractivity (Wildman–Crippen MR) is 67.9 cm³/mol. The molecule has 19 heavy (non-hydrogen) atoms. The molecule has 1 aromatic heterocycles. The van der Waals surface area contributed by atoms with Crippen molar-refractivity contribution in [2.45, 2.75) is 26.3 Å². The van der Waals surface area contributed by atoms with Crippen LogP contribution < -0.4 is 5.32 Å². The van der Waals surface area contributed by atoms with Crippen LogP contribution >= 0.6 is 0 Å². The van der Waals surface area contributed by atoms with Gasteiger partial charge in [-0.25, -0.2) is 19.6 Å². The third-order valence-corrected chi connectivity index (χ3v) is 2.39. The smallest absolute Gasteiger partial charge is 0.356 e. The van der Waals surface area contributed by atoms with Gasteiger partial charge in [-0.2, -0.15) is 0 Å². The van der Waals surface area contributed by atoms with Crippen LogP contribution in [0.3, 0.4) is 0 Å². The Morgan fingerprint density at radius 3 is 2.63 bits per heavy atom. The van der Waals surface area contributed by atoms with E-state index in [1.165, 1.54) is 19.5 Å². The summed E-state index contributed by atoms with van der Waals surface area (Å²) in [7, 11) is 1.25. The number of hydrogen-bond donors (Lipinski definition) is 2. The normalized spacial score (nSPS) is 12.0. The summed E-state index contributed by atoms with van der Waals surface area (Å²) < 4.78 is 4.53. The SMILES string of the molecule is COC(=O)c1cc(N[C@H](CC(C)C)C(=O)O)ncn1. The quantitative estimate of drug-likeness (QED) is 0.746. The summed E-state index contributed by atoms with van der Waals surface area (Å²) in [5.74, 6) is -1.06. The average Bonchev–Trinajstić information content (AvgIpc) is 2.36. The molecule has 104 valence electrons. The van der Waals surface area contributed by atoms with Crippen LogP contribution in [-0.2, 0) is 9.53 Å². The Kier molecular flexibility index (Phi) is 5.23. The Hall–Kier alpha value is -2.18. The minimum atomic E-state index is -0.966. The van der Waals surface area contributed by atoms with Gasteiger partial charge in [0, 0.05) is 6.07 Å². The van der Waals surface area contributed by atoms with Crippen LogP contribution in [0.15, 0.2) is 12.4 Å². The molecule has 1 rings (SSSR count). The predicted octanol–water partition coefficient (Wildman–Crippen LogP) is 1.17. The van der Waals surface area contributed by atoms with Gasteiger partial charge in [-0.1, -0.05) is 13.8 Å². The Morgan fingerprint density at radius 2 is 2.11 bits per heavy atom. The fraction of sp³-hybridized carbons (Fsp3) is 0.500. The van der Waals surface area contributed by atoms with Crippen molar-refractivity contribution in [3.05, 3.63) is 18.1 Å². The molecule has 7 nitrogen and oxygen atoms in total. The first-order valence-corrected chi connectivity index (χ1v) is 5.83. The molecule has 0 bridgehead atoms. The van der Waals surface area contributed by atoms with Crippen LogP contribution in [-0.4, -0.2) is 40.2 Å². The minimum Gasteiger partial charge on any atom is -0.480 e. The molecule has 0 fully saturated rings. The van der Waals surface area contributed by atoms with Gasteiger partial charge in [0.1, 0.15) is 18.2 Å². The maximum atomic E-state index is 11.3. The zero-order valence-corrected chi connectivity index (χ0v) is 11.1. The maximum Gasteiger partial charge on any atom is 0.356 e. The number of esters is 1. The second kappa shape index (κ2) is 6.67. The minimum absolute atomic E-state index is 0.0775. The number of carbonyl (C=O) groups is 2. The molecule has 7 heteroatoms. The topological polar surface area (TPSA) is 101 Å². The molecule has 1 aromatic rings. The van der Waals surface area contributed by atoms with Crippen molar-refractivity contribution in [2.75, 3.05) is 12.4 Å². The monoisotopic (exact) mass is 267 g/mol. The Bertz CT molecular complexity index is 462. The third kappa shape index (κ3) is 4.53. The Morgan fingerprint density at radius 1 is 1.42 bits per heavy atom. The summed E-state index contributed by atoms with van der Waals surface area (Å²) in [4.78, 5) is 30.1. The molecule has 0 saturated carbocycles. The van der Waals surface area contributed by atoms with Crippen molar-refractivity contribution in [3.8, 4) is 0 Å². The van der Waals surface area contributed by atoms with Crippen molar-refractivity contribution in [1.29, 1.82) is 0 Å². The Balaban J connectivity index is 2.84. The number of rotatable bonds is 6. The highest BCUT2D eigenvalue weighted by Gasteiger charge is 2.19. The summed E-state index contributed by atoms with van der Waals surface area (Å²) in [5, 5.41) is 11.9. The number of aromatic nitrogens is 2. The van der Waals surface area contributed by atoms with Gasteiger partial charge in [-0.05, 0) is 12.3 Å². The standard InChI is InChI=1S/C12H17N3O4/c1-7(2)4-8(11(16)17)15-10-5-9(12(18)19-3)13-6-14-10/h5-8H,4H2,1-3H3,(H,16,17)(H,13,14,15)/t8-/m1/s1. The highest BCUT2D eigenvalue weighted by molar-refractivity contribution is 5.88. The van der Waals surface area contributed by atoms with Crippen molar-refractivity contribution in [3.63, 3.8) is 0 Å². The largest absolute Gasteiger partial charge is 0.480 e. The van der Waals surface area contributed by atoms with E-state index in [0.29, 0.717) is 6.42 Å². The van der Waals surface area contributed by atoms with E-state index in [9.17, 15) is 9.59 Å². The fourth-order valence-electron chi connectivity index (χ4n) is 1.52. The van der Waals surface area contributed by atoms with Crippen LogP contribution in [0.2, 0.25) is 0 Å². The van der Waals surface area contributed by atoms with Crippen molar-refractivity contribution in [2.24, 2.45) is 5.92 Å². The Labute approximate surface area is 111 Å². The molecule has 2 N–H and O–H groups in total. The molecule has 0 unspecified atom stereocenters. The molecular weight excluding hydrogens is 250 g/mol. The molecule has 0 radical (unpaired) electrons. The lowest BCUT2D eigenvalue weighted by Gasteiger charge is -2.16. The molecule has 0 saturated heterocycles. The van der Waals surface area contributed by atoms with Gasteiger partial charge in [0.05, 0.1) is 7.11 Å². The highest BCUT2D eigenvalue weighted by atomic mass is 16.5. The lowest BCUT2D eigenvalue weighted by atomic mass is 10.0. The van der Waals surface area contributed by atoms with E-state index >= 15 is 0 Å². The van der Waals surface area contributed by atoms with Crippen LogP contribution in [0.4, 0.5) is 5.82 Å². The number of carboxylic acid groups (broad SMARTS) is 1. The van der Waals surface area contributed by atoms with Crippen molar-refractivity contribution >= 4 is 17.8 Å². The molecule has 1 atom stereocenters. The average molecular weight is 267 g/mol. The van der Waals surface area contributed by atoms with Gasteiger partial charge in [0.2, 0.25) is 0 Å². The van der Waals surface area contributed by atoms with E-state index in [0.717, 1.165) is 0 Å². The van der Waals surface area contributed by atoms with Crippen LogP contribution in [0.5, 0.6) is 0 Å². The first-order chi connectivity index (χ1) is 8.93. The van der Waals surface area contributed by atoms with E-state index < -0.39 is 18.0 Å². The first kappa shape index (κ1) is 14.9. The van der Waals surface area contributed by atoms with Gasteiger partial charge in [-0.15, -0.1) is 0 Å². The zero-order chi connectivity index (χ0) is 14.4. The van der Waals surface area contributed by atoms with E-state index in [-0.39, 0.29) is 17.4 Å². The molecule has 0 amide bonds. The number of aliphatic carboxylic acids is 1.